The van der Waals surface area contributed by atoms with E-state index in [1.165, 1.54) is 5.56 Å². The Labute approximate surface area is 179 Å². The minimum Gasteiger partial charge on any atom is -0.379 e. The first-order valence-corrected chi connectivity index (χ1v) is 11.5. The van der Waals surface area contributed by atoms with Gasteiger partial charge in [0.15, 0.2) is 0 Å². The van der Waals surface area contributed by atoms with Crippen molar-refractivity contribution in [3.63, 3.8) is 0 Å². The van der Waals surface area contributed by atoms with Gasteiger partial charge in [-0.25, -0.2) is 0 Å². The highest BCUT2D eigenvalue weighted by molar-refractivity contribution is 5.93. The molecule has 1 spiro atoms. The van der Waals surface area contributed by atoms with Crippen LogP contribution in [0.3, 0.4) is 0 Å². The number of carbonyl (C=O) groups is 2. The zero-order valence-electron chi connectivity index (χ0n) is 18.1. The van der Waals surface area contributed by atoms with Gasteiger partial charge in [-0.15, -0.1) is 0 Å². The molecular formula is C24H33N3O3. The molecule has 1 aromatic carbocycles. The number of benzene rings is 1. The number of hydrogen-bond donors (Lipinski definition) is 0. The summed E-state index contributed by atoms with van der Waals surface area (Å²) >= 11 is 0. The second-order valence-electron chi connectivity index (χ2n) is 9.70. The van der Waals surface area contributed by atoms with Gasteiger partial charge in [0.1, 0.15) is 0 Å². The van der Waals surface area contributed by atoms with E-state index in [0.717, 1.165) is 83.7 Å². The number of carbonyl (C=O) groups excluding carboxylic acids is 2. The molecule has 1 aromatic rings. The monoisotopic (exact) mass is 411 g/mol. The van der Waals surface area contributed by atoms with E-state index in [1.807, 2.05) is 9.80 Å². The summed E-state index contributed by atoms with van der Waals surface area (Å²) in [4.78, 5) is 33.2. The van der Waals surface area contributed by atoms with Crippen LogP contribution in [-0.4, -0.2) is 85.5 Å². The number of nitrogens with zero attached hydrogens (tertiary/aromatic N) is 3. The van der Waals surface area contributed by atoms with Gasteiger partial charge in [-0.1, -0.05) is 29.8 Å². The van der Waals surface area contributed by atoms with Crippen LogP contribution in [0.2, 0.25) is 0 Å². The highest BCUT2D eigenvalue weighted by Crippen LogP contribution is 2.51. The van der Waals surface area contributed by atoms with E-state index in [-0.39, 0.29) is 22.6 Å². The Morgan fingerprint density at radius 2 is 1.67 bits per heavy atom. The van der Waals surface area contributed by atoms with Crippen molar-refractivity contribution in [3.05, 3.63) is 35.4 Å². The number of aryl methyl sites for hydroxylation is 1. The summed E-state index contributed by atoms with van der Waals surface area (Å²) in [6, 6.07) is 8.42. The van der Waals surface area contributed by atoms with Crippen molar-refractivity contribution in [2.24, 2.45) is 5.41 Å². The van der Waals surface area contributed by atoms with Crippen LogP contribution in [0, 0.1) is 12.3 Å². The second-order valence-corrected chi connectivity index (χ2v) is 9.70. The Bertz CT molecular complexity index is 813. The van der Waals surface area contributed by atoms with E-state index in [0.29, 0.717) is 6.54 Å². The molecular weight excluding hydrogens is 378 g/mol. The zero-order chi connectivity index (χ0) is 20.8. The molecule has 162 valence electrons. The lowest BCUT2D eigenvalue weighted by molar-refractivity contribution is -0.137. The summed E-state index contributed by atoms with van der Waals surface area (Å²) in [5.41, 5.74) is 1.68. The van der Waals surface area contributed by atoms with E-state index in [2.05, 4.69) is 36.1 Å². The smallest absolute Gasteiger partial charge is 0.233 e. The number of morpholine rings is 1. The summed E-state index contributed by atoms with van der Waals surface area (Å²) in [5.74, 6) is 0.508. The normalized spacial score (nSPS) is 28.5. The predicted molar refractivity (Wildman–Crippen MR) is 114 cm³/mol. The number of ether oxygens (including phenoxy) is 1. The molecule has 1 aliphatic carbocycles. The summed E-state index contributed by atoms with van der Waals surface area (Å²) in [7, 11) is 0. The SMILES string of the molecule is Cc1ccc(C2(C(=O)N3CCC4(CCN(CCN5CCOCC5)C4=O)C3)CC2)cc1. The molecule has 4 fully saturated rings. The molecule has 0 N–H and O–H groups in total. The number of amides is 2. The molecule has 5 rings (SSSR count). The van der Waals surface area contributed by atoms with Gasteiger partial charge in [-0.2, -0.15) is 0 Å². The van der Waals surface area contributed by atoms with Crippen molar-refractivity contribution in [3.8, 4) is 0 Å². The van der Waals surface area contributed by atoms with Crippen molar-refractivity contribution in [2.45, 2.75) is 38.0 Å². The molecule has 30 heavy (non-hydrogen) atoms. The van der Waals surface area contributed by atoms with Gasteiger partial charge in [0.05, 0.1) is 24.0 Å². The maximum absolute atomic E-state index is 13.5. The molecule has 0 bridgehead atoms. The zero-order valence-corrected chi connectivity index (χ0v) is 18.1. The third-order valence-corrected chi connectivity index (χ3v) is 7.80. The third-order valence-electron chi connectivity index (χ3n) is 7.80. The summed E-state index contributed by atoms with van der Waals surface area (Å²) in [6.07, 6.45) is 3.56. The minimum absolute atomic E-state index is 0.239. The molecule has 3 saturated heterocycles. The molecule has 1 atom stereocenters. The topological polar surface area (TPSA) is 53.1 Å². The Kier molecular flexibility index (Phi) is 5.10. The lowest BCUT2D eigenvalue weighted by Gasteiger charge is -2.29. The third kappa shape index (κ3) is 3.44. The lowest BCUT2D eigenvalue weighted by Crippen LogP contribution is -2.44. The van der Waals surface area contributed by atoms with E-state index >= 15 is 0 Å². The average molecular weight is 412 g/mol. The fourth-order valence-electron chi connectivity index (χ4n) is 5.54. The van der Waals surface area contributed by atoms with Gasteiger partial charge in [0.25, 0.3) is 0 Å². The number of likely N-dealkylation sites (tertiary alicyclic amines) is 2. The highest BCUT2D eigenvalue weighted by Gasteiger charge is 2.57. The number of hydrogen-bond acceptors (Lipinski definition) is 4. The van der Waals surface area contributed by atoms with Crippen LogP contribution in [0.15, 0.2) is 24.3 Å². The van der Waals surface area contributed by atoms with Crippen LogP contribution < -0.4 is 0 Å². The molecule has 1 saturated carbocycles. The molecule has 6 nitrogen and oxygen atoms in total. The van der Waals surface area contributed by atoms with Crippen molar-refractivity contribution in [1.82, 2.24) is 14.7 Å². The fraction of sp³-hybridized carbons (Fsp3) is 0.667. The molecule has 2 amide bonds. The minimum atomic E-state index is -0.343. The molecule has 0 radical (unpaired) electrons. The van der Waals surface area contributed by atoms with Gasteiger partial charge in [0, 0.05) is 45.8 Å². The van der Waals surface area contributed by atoms with Crippen LogP contribution in [0.1, 0.15) is 36.8 Å². The first-order chi connectivity index (χ1) is 14.5. The van der Waals surface area contributed by atoms with E-state index in [4.69, 9.17) is 4.74 Å². The first-order valence-electron chi connectivity index (χ1n) is 11.5. The summed E-state index contributed by atoms with van der Waals surface area (Å²) in [5, 5.41) is 0. The Morgan fingerprint density at radius 3 is 2.37 bits per heavy atom. The van der Waals surface area contributed by atoms with Crippen molar-refractivity contribution >= 4 is 11.8 Å². The molecule has 0 aromatic heterocycles. The van der Waals surface area contributed by atoms with E-state index in [1.54, 1.807) is 0 Å². The maximum atomic E-state index is 13.5. The second kappa shape index (κ2) is 7.65. The maximum Gasteiger partial charge on any atom is 0.233 e. The van der Waals surface area contributed by atoms with E-state index in [9.17, 15) is 9.59 Å². The van der Waals surface area contributed by atoms with Gasteiger partial charge >= 0.3 is 0 Å². The summed E-state index contributed by atoms with van der Waals surface area (Å²) < 4.78 is 5.41. The highest BCUT2D eigenvalue weighted by atomic mass is 16.5. The Hall–Kier alpha value is -1.92. The standard InChI is InChI=1S/C24H33N3O3/c1-19-2-4-20(5-3-19)24(6-7-24)22(29)27-11-9-23(18-27)8-10-26(21(23)28)13-12-25-14-16-30-17-15-25/h2-5H,6-18H2,1H3. The molecule has 1 unspecified atom stereocenters. The van der Waals surface area contributed by atoms with Crippen molar-refractivity contribution in [1.29, 1.82) is 0 Å². The largest absolute Gasteiger partial charge is 0.379 e. The van der Waals surface area contributed by atoms with Crippen LogP contribution >= 0.6 is 0 Å². The quantitative estimate of drug-likeness (QED) is 0.742. The predicted octanol–water partition coefficient (Wildman–Crippen LogP) is 1.81. The average Bonchev–Trinajstić information content (AvgIpc) is 3.38. The fourth-order valence-corrected chi connectivity index (χ4v) is 5.54. The van der Waals surface area contributed by atoms with Crippen molar-refractivity contribution < 1.29 is 14.3 Å². The van der Waals surface area contributed by atoms with Crippen LogP contribution in [0.5, 0.6) is 0 Å². The first kappa shape index (κ1) is 20.0. The molecule has 3 aliphatic heterocycles. The van der Waals surface area contributed by atoms with Crippen molar-refractivity contribution in [2.75, 3.05) is 59.0 Å². The summed E-state index contributed by atoms with van der Waals surface area (Å²) in [6.45, 7) is 9.43. The Balaban J connectivity index is 1.21. The number of rotatable bonds is 5. The molecule has 3 heterocycles. The van der Waals surface area contributed by atoms with Gasteiger partial charge in [-0.05, 0) is 38.2 Å². The Morgan fingerprint density at radius 1 is 0.967 bits per heavy atom. The van der Waals surface area contributed by atoms with Crippen LogP contribution in [-0.2, 0) is 19.7 Å². The van der Waals surface area contributed by atoms with E-state index < -0.39 is 0 Å². The molecule has 4 aliphatic rings. The molecule has 6 heteroatoms. The van der Waals surface area contributed by atoms with Gasteiger partial charge in [0.2, 0.25) is 11.8 Å². The van der Waals surface area contributed by atoms with Crippen LogP contribution in [0.25, 0.3) is 0 Å². The van der Waals surface area contributed by atoms with Gasteiger partial charge in [-0.3, -0.25) is 14.5 Å². The van der Waals surface area contributed by atoms with Crippen LogP contribution in [0.4, 0.5) is 0 Å². The lowest BCUT2D eigenvalue weighted by atomic mass is 9.85. The van der Waals surface area contributed by atoms with Gasteiger partial charge < -0.3 is 14.5 Å².